The Morgan fingerprint density at radius 2 is 2.33 bits per heavy atom. The van der Waals surface area contributed by atoms with Crippen molar-refractivity contribution in [1.82, 2.24) is 4.98 Å². The number of aromatic nitrogens is 1. The van der Waals surface area contributed by atoms with E-state index in [9.17, 15) is 4.79 Å². The van der Waals surface area contributed by atoms with Gasteiger partial charge in [-0.25, -0.2) is 9.78 Å². The van der Waals surface area contributed by atoms with Gasteiger partial charge in [-0.05, 0) is 17.7 Å². The van der Waals surface area contributed by atoms with Gasteiger partial charge in [0.15, 0.2) is 15.2 Å². The van der Waals surface area contributed by atoms with Gasteiger partial charge in [0.2, 0.25) is 0 Å². The van der Waals surface area contributed by atoms with Crippen LogP contribution in [0.5, 0.6) is 0 Å². The highest BCUT2D eigenvalue weighted by atomic mass is 35.5. The molecule has 1 heterocycles. The van der Waals surface area contributed by atoms with Crippen LogP contribution in [0.4, 0.5) is 5.13 Å². The third kappa shape index (κ3) is 3.51. The summed E-state index contributed by atoms with van der Waals surface area (Å²) in [5, 5.41) is 9.65. The zero-order valence-corrected chi connectivity index (χ0v) is 13.0. The van der Waals surface area contributed by atoms with Gasteiger partial charge in [0, 0.05) is 13.6 Å². The number of anilines is 1. The van der Waals surface area contributed by atoms with Crippen LogP contribution in [0, 0.1) is 11.3 Å². The Morgan fingerprint density at radius 1 is 1.57 bits per heavy atom. The molecule has 0 atom stereocenters. The van der Waals surface area contributed by atoms with Crippen LogP contribution in [-0.4, -0.2) is 25.1 Å². The molecule has 0 bridgehead atoms. The molecule has 0 saturated carbocycles. The van der Waals surface area contributed by atoms with Gasteiger partial charge in [0.1, 0.15) is 0 Å². The topological polar surface area (TPSA) is 66.2 Å². The fraction of sp³-hybridized carbons (Fsp3) is 0.214. The van der Waals surface area contributed by atoms with Crippen LogP contribution < -0.4 is 4.90 Å². The number of nitrogens with zero attached hydrogens (tertiary/aromatic N) is 3. The van der Waals surface area contributed by atoms with E-state index in [2.05, 4.69) is 15.8 Å². The predicted octanol–water partition coefficient (Wildman–Crippen LogP) is 3.09. The number of thiazole rings is 1. The van der Waals surface area contributed by atoms with Crippen LogP contribution >= 0.6 is 22.9 Å². The van der Waals surface area contributed by atoms with E-state index in [1.54, 1.807) is 6.07 Å². The first-order valence-electron chi connectivity index (χ1n) is 6.00. The van der Waals surface area contributed by atoms with Crippen molar-refractivity contribution >= 4 is 34.0 Å². The largest absolute Gasteiger partial charge is 0.465 e. The zero-order valence-electron chi connectivity index (χ0n) is 11.5. The van der Waals surface area contributed by atoms with E-state index >= 15 is 0 Å². The van der Waals surface area contributed by atoms with Crippen molar-refractivity contribution in [2.24, 2.45) is 0 Å². The quantitative estimate of drug-likeness (QED) is 0.809. The molecule has 0 aliphatic carbocycles. The fourth-order valence-corrected chi connectivity index (χ4v) is 2.91. The monoisotopic (exact) mass is 321 g/mol. The van der Waals surface area contributed by atoms with Crippen molar-refractivity contribution < 1.29 is 9.53 Å². The maximum atomic E-state index is 11.5. The van der Waals surface area contributed by atoms with Crippen molar-refractivity contribution in [3.05, 3.63) is 45.4 Å². The van der Waals surface area contributed by atoms with Crippen molar-refractivity contribution in [3.8, 4) is 6.07 Å². The van der Waals surface area contributed by atoms with Gasteiger partial charge < -0.3 is 9.64 Å². The number of rotatable bonds is 4. The summed E-state index contributed by atoms with van der Waals surface area (Å²) in [6, 6.07) is 9.42. The van der Waals surface area contributed by atoms with Crippen LogP contribution in [-0.2, 0) is 11.3 Å². The lowest BCUT2D eigenvalue weighted by Gasteiger charge is -2.15. The predicted molar refractivity (Wildman–Crippen MR) is 81.7 cm³/mol. The number of nitriles is 1. The molecule has 7 heteroatoms. The number of carbonyl (C=O) groups is 1. The van der Waals surface area contributed by atoms with Crippen LogP contribution in [0.3, 0.4) is 0 Å². The molecule has 1 aromatic heterocycles. The van der Waals surface area contributed by atoms with E-state index < -0.39 is 5.97 Å². The van der Waals surface area contributed by atoms with Crippen molar-refractivity contribution in [3.63, 3.8) is 0 Å². The first kappa shape index (κ1) is 15.3. The summed E-state index contributed by atoms with van der Waals surface area (Å²) in [5.41, 5.74) is 1.58. The lowest BCUT2D eigenvalue weighted by atomic mass is 10.1. The molecule has 0 saturated heterocycles. The lowest BCUT2D eigenvalue weighted by Crippen LogP contribution is -2.16. The molecule has 0 N–H and O–H groups in total. The highest BCUT2D eigenvalue weighted by molar-refractivity contribution is 7.18. The van der Waals surface area contributed by atoms with E-state index in [0.717, 1.165) is 5.56 Å². The maximum Gasteiger partial charge on any atom is 0.351 e. The molecule has 108 valence electrons. The first-order chi connectivity index (χ1) is 10.0. The van der Waals surface area contributed by atoms with Gasteiger partial charge in [-0.15, -0.1) is 0 Å². The summed E-state index contributed by atoms with van der Waals surface area (Å²) < 4.78 is 4.65. The molecule has 0 aliphatic rings. The summed E-state index contributed by atoms with van der Waals surface area (Å²) in [6.45, 7) is 0.556. The molecule has 0 radical (unpaired) electrons. The number of benzene rings is 1. The van der Waals surface area contributed by atoms with Gasteiger partial charge in [0.05, 0.1) is 18.7 Å². The molecular weight excluding hydrogens is 310 g/mol. The lowest BCUT2D eigenvalue weighted by molar-refractivity contribution is 0.0606. The Hall–Kier alpha value is -2.10. The highest BCUT2D eigenvalue weighted by Crippen LogP contribution is 2.30. The number of ether oxygens (including phenoxy) is 1. The minimum atomic E-state index is -0.497. The minimum Gasteiger partial charge on any atom is -0.465 e. The van der Waals surface area contributed by atoms with E-state index in [4.69, 9.17) is 16.9 Å². The van der Waals surface area contributed by atoms with Crippen LogP contribution in [0.25, 0.3) is 0 Å². The number of esters is 1. The van der Waals surface area contributed by atoms with E-state index in [1.165, 1.54) is 18.4 Å². The molecule has 2 rings (SSSR count). The van der Waals surface area contributed by atoms with E-state index in [1.807, 2.05) is 30.1 Å². The Kier molecular flexibility index (Phi) is 4.78. The SMILES string of the molecule is COC(=O)c1sc(N(C)Cc2cccc(C#N)c2)nc1Cl. The normalized spacial score (nSPS) is 10.0. The van der Waals surface area contributed by atoms with E-state index in [0.29, 0.717) is 17.2 Å². The Bertz CT molecular complexity index is 708. The Labute approximate surface area is 131 Å². The average molecular weight is 322 g/mol. The molecule has 21 heavy (non-hydrogen) atoms. The second-order valence-electron chi connectivity index (χ2n) is 4.28. The number of halogens is 1. The number of hydrogen-bond acceptors (Lipinski definition) is 6. The van der Waals surface area contributed by atoms with Crippen molar-refractivity contribution in [2.75, 3.05) is 19.1 Å². The molecule has 0 aliphatic heterocycles. The molecular formula is C14H12ClN3O2S. The average Bonchev–Trinajstić information content (AvgIpc) is 2.88. The van der Waals surface area contributed by atoms with Gasteiger partial charge >= 0.3 is 5.97 Å². The van der Waals surface area contributed by atoms with Crippen LogP contribution in [0.15, 0.2) is 24.3 Å². The van der Waals surface area contributed by atoms with Crippen LogP contribution in [0.2, 0.25) is 5.15 Å². The molecule has 0 unspecified atom stereocenters. The highest BCUT2D eigenvalue weighted by Gasteiger charge is 2.19. The van der Waals surface area contributed by atoms with Crippen LogP contribution in [0.1, 0.15) is 20.8 Å². The van der Waals surface area contributed by atoms with Crippen molar-refractivity contribution in [1.29, 1.82) is 5.26 Å². The summed E-state index contributed by atoms with van der Waals surface area (Å²) in [7, 11) is 3.14. The third-order valence-electron chi connectivity index (χ3n) is 2.75. The summed E-state index contributed by atoms with van der Waals surface area (Å²) in [5.74, 6) is -0.497. The first-order valence-corrected chi connectivity index (χ1v) is 7.19. The molecule has 1 aromatic carbocycles. The number of methoxy groups -OCH3 is 1. The van der Waals surface area contributed by atoms with Gasteiger partial charge in [-0.2, -0.15) is 5.26 Å². The molecule has 2 aromatic rings. The molecule has 0 spiro atoms. The van der Waals surface area contributed by atoms with Gasteiger partial charge in [0.25, 0.3) is 0 Å². The number of carbonyl (C=O) groups excluding carboxylic acids is 1. The summed E-state index contributed by atoms with van der Waals surface area (Å²) >= 11 is 7.11. The van der Waals surface area contributed by atoms with Gasteiger partial charge in [-0.1, -0.05) is 35.1 Å². The third-order valence-corrected chi connectivity index (χ3v) is 4.28. The summed E-state index contributed by atoms with van der Waals surface area (Å²) in [4.78, 5) is 17.8. The number of hydrogen-bond donors (Lipinski definition) is 0. The Morgan fingerprint density at radius 3 is 3.00 bits per heavy atom. The van der Waals surface area contributed by atoms with E-state index in [-0.39, 0.29) is 10.0 Å². The van der Waals surface area contributed by atoms with Gasteiger partial charge in [-0.3, -0.25) is 0 Å². The smallest absolute Gasteiger partial charge is 0.351 e. The summed E-state index contributed by atoms with van der Waals surface area (Å²) in [6.07, 6.45) is 0. The minimum absolute atomic E-state index is 0.138. The second-order valence-corrected chi connectivity index (χ2v) is 5.61. The Balaban J connectivity index is 2.19. The maximum absolute atomic E-state index is 11.5. The fourth-order valence-electron chi connectivity index (χ4n) is 1.75. The molecule has 0 amide bonds. The molecule has 5 nitrogen and oxygen atoms in total. The standard InChI is InChI=1S/C14H12ClN3O2S/c1-18(8-10-5-3-4-9(6-10)7-16)14-17-12(15)11(21-14)13(19)20-2/h3-6H,8H2,1-2H3. The van der Waals surface area contributed by atoms with Crippen molar-refractivity contribution in [2.45, 2.75) is 6.54 Å². The second kappa shape index (κ2) is 6.57. The zero-order chi connectivity index (χ0) is 15.4. The molecule has 0 fully saturated rings.